The van der Waals surface area contributed by atoms with Gasteiger partial charge < -0.3 is 10.2 Å². The fourth-order valence-corrected chi connectivity index (χ4v) is 3.68. The van der Waals surface area contributed by atoms with Crippen molar-refractivity contribution >= 4 is 22.9 Å². The van der Waals surface area contributed by atoms with Gasteiger partial charge >= 0.3 is 0 Å². The molecule has 31 heavy (non-hydrogen) atoms. The third-order valence-corrected chi connectivity index (χ3v) is 4.94. The fraction of sp³-hybridized carbons (Fsp3) is 0.407. The highest BCUT2D eigenvalue weighted by Gasteiger charge is 2.17. The first-order chi connectivity index (χ1) is 14.7. The number of nitrogens with one attached hydrogen (secondary N) is 1. The summed E-state index contributed by atoms with van der Waals surface area (Å²) in [5.41, 5.74) is 5.80. The molecule has 0 aliphatic rings. The highest BCUT2D eigenvalue weighted by Crippen LogP contribution is 2.31. The van der Waals surface area contributed by atoms with E-state index in [-0.39, 0.29) is 5.91 Å². The molecule has 0 bridgehead atoms. The predicted octanol–water partition coefficient (Wildman–Crippen LogP) is 6.57. The molecule has 4 heteroatoms. The van der Waals surface area contributed by atoms with Crippen LogP contribution in [0.5, 0.6) is 0 Å². The molecular weight excluding hydrogens is 382 g/mol. The number of amides is 1. The first-order valence-electron chi connectivity index (χ1n) is 11.0. The number of rotatable bonds is 9. The Morgan fingerprint density at radius 1 is 1.10 bits per heavy atom. The first kappa shape index (κ1) is 24.2. The van der Waals surface area contributed by atoms with Crippen LogP contribution in [0.4, 0.5) is 11.4 Å². The Bertz CT molecular complexity index is 957. The lowest BCUT2D eigenvalue weighted by Gasteiger charge is -2.31. The number of nitrogens with zero attached hydrogens (tertiary/aromatic N) is 2. The van der Waals surface area contributed by atoms with Gasteiger partial charge in [-0.05, 0) is 54.5 Å². The molecule has 0 aliphatic carbocycles. The number of carbonyl (C=O) groups excluding carboxylic acids is 1. The molecule has 0 saturated heterocycles. The lowest BCUT2D eigenvalue weighted by molar-refractivity contribution is -0.115. The molecule has 0 spiro atoms. The zero-order valence-electron chi connectivity index (χ0n) is 19.7. The van der Waals surface area contributed by atoms with Crippen molar-refractivity contribution in [1.29, 1.82) is 0 Å². The smallest absolute Gasteiger partial charge is 0.228 e. The third-order valence-electron chi connectivity index (χ3n) is 4.94. The summed E-state index contributed by atoms with van der Waals surface area (Å²) in [6, 6.07) is 14.1. The zero-order valence-corrected chi connectivity index (χ0v) is 19.7. The minimum Gasteiger partial charge on any atom is -0.369 e. The summed E-state index contributed by atoms with van der Waals surface area (Å²) in [6.45, 7) is 21.7. The van der Waals surface area contributed by atoms with Gasteiger partial charge in [0.25, 0.3) is 0 Å². The number of benzene rings is 2. The largest absolute Gasteiger partial charge is 0.369 e. The van der Waals surface area contributed by atoms with Crippen LogP contribution in [-0.4, -0.2) is 19.0 Å². The molecule has 0 fully saturated rings. The van der Waals surface area contributed by atoms with E-state index in [0.717, 1.165) is 46.7 Å². The van der Waals surface area contributed by atoms with E-state index in [4.69, 9.17) is 6.57 Å². The Morgan fingerprint density at radius 2 is 1.77 bits per heavy atom. The van der Waals surface area contributed by atoms with Crippen molar-refractivity contribution in [2.75, 3.05) is 23.3 Å². The maximum Gasteiger partial charge on any atom is 0.228 e. The molecule has 164 valence electrons. The average molecular weight is 418 g/mol. The molecule has 1 N–H and O–H groups in total. The molecule has 0 aliphatic heterocycles. The Labute approximate surface area is 187 Å². The first-order valence-corrected chi connectivity index (χ1v) is 11.0. The summed E-state index contributed by atoms with van der Waals surface area (Å²) >= 11 is 0. The molecule has 0 radical (unpaired) electrons. The van der Waals surface area contributed by atoms with Crippen LogP contribution >= 0.6 is 0 Å². The van der Waals surface area contributed by atoms with E-state index in [9.17, 15) is 4.79 Å². The predicted molar refractivity (Wildman–Crippen MR) is 132 cm³/mol. The summed E-state index contributed by atoms with van der Waals surface area (Å²) < 4.78 is 0. The maximum absolute atomic E-state index is 12.9. The van der Waals surface area contributed by atoms with Crippen LogP contribution < -0.4 is 10.2 Å². The highest BCUT2D eigenvalue weighted by atomic mass is 16.1. The second-order valence-corrected chi connectivity index (χ2v) is 9.08. The Morgan fingerprint density at radius 3 is 2.35 bits per heavy atom. The van der Waals surface area contributed by atoms with Gasteiger partial charge in [0.05, 0.1) is 24.4 Å². The van der Waals surface area contributed by atoms with E-state index in [1.165, 1.54) is 6.20 Å². The van der Waals surface area contributed by atoms with E-state index in [0.29, 0.717) is 18.3 Å². The van der Waals surface area contributed by atoms with Crippen molar-refractivity contribution in [3.8, 4) is 0 Å². The van der Waals surface area contributed by atoms with Gasteiger partial charge in [0, 0.05) is 13.1 Å². The van der Waals surface area contributed by atoms with Gasteiger partial charge in [-0.3, -0.25) is 4.79 Å². The molecule has 2 aromatic rings. The van der Waals surface area contributed by atoms with Gasteiger partial charge in [-0.25, -0.2) is 4.85 Å². The molecule has 0 saturated carbocycles. The number of hydrogen-bond donors (Lipinski definition) is 1. The number of hydrogen-bond acceptors (Lipinski definition) is 2. The van der Waals surface area contributed by atoms with E-state index in [1.54, 1.807) is 0 Å². The molecule has 2 aromatic carbocycles. The van der Waals surface area contributed by atoms with Gasteiger partial charge in [-0.2, -0.15) is 0 Å². The molecular formula is C27H35N3O. The minimum absolute atomic E-state index is 0.0372. The highest BCUT2D eigenvalue weighted by molar-refractivity contribution is 5.96. The maximum atomic E-state index is 12.9. The zero-order chi connectivity index (χ0) is 23.0. The van der Waals surface area contributed by atoms with Crippen LogP contribution in [0.15, 0.2) is 48.7 Å². The SMILES string of the molecule is [C-]#[N+]/C=C(\C)c1ccc(N(CC(C)C)CC(C)C)c(NC(=O)Cc2cccc(C)c2)c1. The second-order valence-electron chi connectivity index (χ2n) is 9.08. The van der Waals surface area contributed by atoms with Crippen molar-refractivity contribution in [1.82, 2.24) is 0 Å². The second kappa shape index (κ2) is 11.4. The Kier molecular flexibility index (Phi) is 8.88. The Hall–Kier alpha value is -3.06. The van der Waals surface area contributed by atoms with Crippen LogP contribution in [0, 0.1) is 25.3 Å². The minimum atomic E-state index is -0.0372. The van der Waals surface area contributed by atoms with E-state index < -0.39 is 0 Å². The Balaban J connectivity index is 2.41. The van der Waals surface area contributed by atoms with Gasteiger partial charge in [0.2, 0.25) is 5.91 Å². The molecule has 1 amide bonds. The summed E-state index contributed by atoms with van der Waals surface area (Å²) in [5.74, 6) is 0.959. The van der Waals surface area contributed by atoms with E-state index in [2.05, 4.69) is 48.8 Å². The van der Waals surface area contributed by atoms with Crippen LogP contribution in [0.25, 0.3) is 10.4 Å². The molecule has 0 unspecified atom stereocenters. The van der Waals surface area contributed by atoms with Crippen molar-refractivity contribution in [3.63, 3.8) is 0 Å². The van der Waals surface area contributed by atoms with Gasteiger partial charge in [0.1, 0.15) is 0 Å². The van der Waals surface area contributed by atoms with Gasteiger partial charge in [0.15, 0.2) is 6.20 Å². The monoisotopic (exact) mass is 417 g/mol. The summed E-state index contributed by atoms with van der Waals surface area (Å²) in [5, 5.41) is 3.16. The topological polar surface area (TPSA) is 36.7 Å². The molecule has 0 aromatic heterocycles. The van der Waals surface area contributed by atoms with Crippen molar-refractivity contribution in [2.24, 2.45) is 11.8 Å². The van der Waals surface area contributed by atoms with Gasteiger partial charge in [-0.1, -0.05) is 63.6 Å². The van der Waals surface area contributed by atoms with Crippen molar-refractivity contribution < 1.29 is 4.79 Å². The van der Waals surface area contributed by atoms with Crippen molar-refractivity contribution in [2.45, 2.75) is 48.0 Å². The van der Waals surface area contributed by atoms with Gasteiger partial charge in [-0.15, -0.1) is 0 Å². The summed E-state index contributed by atoms with van der Waals surface area (Å²) in [6.07, 6.45) is 1.85. The number of carbonyl (C=O) groups is 1. The number of anilines is 2. The molecule has 0 atom stereocenters. The lowest BCUT2D eigenvalue weighted by atomic mass is 10.0. The standard InChI is InChI=1S/C27H35N3O/c1-19(2)17-30(18-20(3)4)26-12-11-24(22(6)16-28-7)15-25(26)29-27(31)14-23-10-8-9-21(5)13-23/h8-13,15-16,19-20H,14,17-18H2,1-6H3,(H,29,31)/b22-16+. The molecule has 2 rings (SSSR count). The van der Waals surface area contributed by atoms with Crippen LogP contribution in [-0.2, 0) is 11.2 Å². The number of allylic oxidation sites excluding steroid dienone is 1. The summed E-state index contributed by atoms with van der Waals surface area (Å²) in [7, 11) is 0. The van der Waals surface area contributed by atoms with Crippen molar-refractivity contribution in [3.05, 3.63) is 76.8 Å². The normalized spacial score (nSPS) is 11.5. The fourth-order valence-electron chi connectivity index (χ4n) is 3.68. The third kappa shape index (κ3) is 7.61. The molecule has 0 heterocycles. The average Bonchev–Trinajstić information content (AvgIpc) is 2.66. The van der Waals surface area contributed by atoms with E-state index >= 15 is 0 Å². The van der Waals surface area contributed by atoms with E-state index in [1.807, 2.05) is 50.2 Å². The van der Waals surface area contributed by atoms with Crippen LogP contribution in [0.3, 0.4) is 0 Å². The summed E-state index contributed by atoms with van der Waals surface area (Å²) in [4.78, 5) is 18.7. The lowest BCUT2D eigenvalue weighted by Crippen LogP contribution is -2.32. The van der Waals surface area contributed by atoms with Crippen LogP contribution in [0.1, 0.15) is 51.3 Å². The van der Waals surface area contributed by atoms with Crippen LogP contribution in [0.2, 0.25) is 0 Å². The quantitative estimate of drug-likeness (QED) is 0.468. The molecule has 4 nitrogen and oxygen atoms in total. The number of aryl methyl sites for hydroxylation is 1.